The van der Waals surface area contributed by atoms with Gasteiger partial charge in [0.05, 0.1) is 37.6 Å². The van der Waals surface area contributed by atoms with E-state index in [0.717, 1.165) is 27.1 Å². The van der Waals surface area contributed by atoms with Gasteiger partial charge in [-0.05, 0) is 38.7 Å². The van der Waals surface area contributed by atoms with Gasteiger partial charge in [-0.25, -0.2) is 0 Å². The number of hydrogen-bond donors (Lipinski definition) is 2. The van der Waals surface area contributed by atoms with Gasteiger partial charge in [0, 0.05) is 5.56 Å². The van der Waals surface area contributed by atoms with Crippen LogP contribution in [0.25, 0.3) is 0 Å². The number of carbonyl (C=O) groups is 2. The maximum absolute atomic E-state index is 15.0. The molecule has 10 rings (SSSR count). The molecule has 4 heterocycles. The zero-order chi connectivity index (χ0) is 49.1. The second-order valence-electron chi connectivity index (χ2n) is 19.4. The molecule has 0 aromatic heterocycles. The molecule has 71 heavy (non-hydrogen) atoms. The van der Waals surface area contributed by atoms with Gasteiger partial charge in [-0.1, -0.05) is 185 Å². The molecule has 2 N–H and O–H groups in total. The van der Waals surface area contributed by atoms with Gasteiger partial charge in [0.25, 0.3) is 20.1 Å². The summed E-state index contributed by atoms with van der Waals surface area (Å²) < 4.78 is 54.6. The molecule has 14 heteroatoms. The number of ether oxygens (including phenoxy) is 7. The minimum absolute atomic E-state index is 0.0124. The second kappa shape index (κ2) is 21.2. The molecule has 0 saturated carbocycles. The highest BCUT2D eigenvalue weighted by Gasteiger charge is 2.61. The van der Waals surface area contributed by atoms with E-state index >= 15 is 9.59 Å². The molecule has 368 valence electrons. The van der Waals surface area contributed by atoms with E-state index < -0.39 is 92.8 Å². The van der Waals surface area contributed by atoms with Crippen LogP contribution in [0.1, 0.15) is 64.5 Å². The summed E-state index contributed by atoms with van der Waals surface area (Å²) in [5, 5.41) is 25.2. The summed E-state index contributed by atoms with van der Waals surface area (Å²) in [6.45, 7) is 6.54. The quantitative estimate of drug-likeness (QED) is 0.0833. The molecule has 0 bridgehead atoms. The maximum atomic E-state index is 15.0. The maximum Gasteiger partial charge on any atom is 0.264 e. The lowest BCUT2D eigenvalue weighted by molar-refractivity contribution is -0.382. The van der Waals surface area contributed by atoms with Crippen molar-refractivity contribution >= 4 is 30.5 Å². The van der Waals surface area contributed by atoms with E-state index in [1.165, 1.54) is 4.90 Å². The SMILES string of the molecule is CC(C)(C)[Si](O[C@@H]1O[C@H](COCc2ccccc2)[C@@H](O[C@@H]2O[C@@H]3COC(c4ccccc4)O[C@@H]3[C@H](O)[C@H]2O)[C@H](OCc2ccccc2)[C@H]1N1C(=O)c2ccccc2C1=O)(c1ccccc1)c1ccccc1. The molecular weight excluding hydrogens is 919 g/mol. The smallest absolute Gasteiger partial charge is 0.264 e. The summed E-state index contributed by atoms with van der Waals surface area (Å²) in [6, 6.07) is 54.0. The van der Waals surface area contributed by atoms with Crippen LogP contribution in [0.5, 0.6) is 0 Å². The number of benzene rings is 6. The Morgan fingerprint density at radius 2 is 1.13 bits per heavy atom. The van der Waals surface area contributed by atoms with Gasteiger partial charge in [-0.3, -0.25) is 14.5 Å². The number of amides is 2. The molecule has 0 aliphatic carbocycles. The van der Waals surface area contributed by atoms with Crippen LogP contribution in [0.2, 0.25) is 5.04 Å². The average molecular weight is 978 g/mol. The molecule has 0 spiro atoms. The minimum atomic E-state index is -3.55. The van der Waals surface area contributed by atoms with Crippen LogP contribution in [0.4, 0.5) is 0 Å². The number of rotatable bonds is 15. The summed E-state index contributed by atoms with van der Waals surface area (Å²) in [5.41, 5.74) is 2.90. The van der Waals surface area contributed by atoms with Crippen LogP contribution >= 0.6 is 0 Å². The van der Waals surface area contributed by atoms with Crippen LogP contribution in [-0.2, 0) is 50.8 Å². The van der Waals surface area contributed by atoms with E-state index in [-0.39, 0.29) is 37.6 Å². The molecule has 6 aromatic carbocycles. The van der Waals surface area contributed by atoms with Gasteiger partial charge in [0.1, 0.15) is 48.8 Å². The third-order valence-corrected chi connectivity index (χ3v) is 18.8. The average Bonchev–Trinajstić information content (AvgIpc) is 3.65. The Balaban J connectivity index is 1.10. The minimum Gasteiger partial charge on any atom is -0.387 e. The Morgan fingerprint density at radius 1 is 0.606 bits per heavy atom. The van der Waals surface area contributed by atoms with Crippen LogP contribution in [0, 0.1) is 0 Å². The van der Waals surface area contributed by atoms with Gasteiger partial charge in [0.2, 0.25) is 0 Å². The first-order chi connectivity index (χ1) is 34.5. The summed E-state index contributed by atoms with van der Waals surface area (Å²) in [6.07, 6.45) is -12.1. The molecule has 4 aliphatic rings. The predicted octanol–water partition coefficient (Wildman–Crippen LogP) is 6.70. The van der Waals surface area contributed by atoms with E-state index in [4.69, 9.17) is 37.6 Å². The lowest BCUT2D eigenvalue weighted by atomic mass is 9.94. The molecule has 3 saturated heterocycles. The molecule has 13 nitrogen and oxygen atoms in total. The summed E-state index contributed by atoms with van der Waals surface area (Å²) in [5.74, 6) is -1.12. The van der Waals surface area contributed by atoms with Crippen molar-refractivity contribution in [2.75, 3.05) is 13.2 Å². The standard InChI is InChI=1S/C57H59NO12Si/c1-57(2,3)71(40-27-15-7-16-28-40,41-29-17-8-18-30-41)70-55-46(58-52(61)42-31-19-20-32-43(42)53(58)62)51(64-34-38-23-11-5-12-24-38)50(44(66-55)35-63-33-37-21-9-4-10-22-37)69-56-48(60)47(59)49-45(67-56)36-65-54(68-49)39-25-13-6-14-26-39/h4-32,44-51,54-56,59-60H,33-36H2,1-3H3/t44-,45-,46-,47-,48-,49+,50-,51-,54?,55+,56+/m1/s1. The van der Waals surface area contributed by atoms with Gasteiger partial charge >= 0.3 is 0 Å². The molecule has 2 amide bonds. The topological polar surface area (TPSA) is 152 Å². The van der Waals surface area contributed by atoms with Crippen molar-refractivity contribution in [3.8, 4) is 0 Å². The van der Waals surface area contributed by atoms with E-state index in [0.29, 0.717) is 0 Å². The highest BCUT2D eigenvalue weighted by molar-refractivity contribution is 6.99. The molecule has 0 radical (unpaired) electrons. The molecule has 4 aliphatic heterocycles. The van der Waals surface area contributed by atoms with Crippen molar-refractivity contribution in [3.05, 3.63) is 204 Å². The number of hydrogen-bond acceptors (Lipinski definition) is 12. The van der Waals surface area contributed by atoms with Crippen molar-refractivity contribution < 1.29 is 57.4 Å². The Labute approximate surface area is 414 Å². The first kappa shape index (κ1) is 48.9. The van der Waals surface area contributed by atoms with Crippen molar-refractivity contribution in [2.24, 2.45) is 0 Å². The Kier molecular flexibility index (Phi) is 14.6. The van der Waals surface area contributed by atoms with Crippen molar-refractivity contribution in [2.45, 2.75) is 107 Å². The Bertz CT molecular complexity index is 2640. The third-order valence-electron chi connectivity index (χ3n) is 13.8. The Hall–Kier alpha value is -5.72. The third kappa shape index (κ3) is 9.83. The zero-order valence-corrected chi connectivity index (χ0v) is 40.8. The van der Waals surface area contributed by atoms with E-state index in [1.54, 1.807) is 24.3 Å². The number of aliphatic hydroxyl groups excluding tert-OH is 2. The number of aliphatic hydroxyl groups is 2. The van der Waals surface area contributed by atoms with Crippen molar-refractivity contribution in [1.82, 2.24) is 4.90 Å². The molecule has 11 atom stereocenters. The van der Waals surface area contributed by atoms with E-state index in [1.807, 2.05) is 127 Å². The lowest BCUT2D eigenvalue weighted by Crippen LogP contribution is -2.74. The molecular formula is C57H59NO12Si. The fraction of sp³-hybridized carbons (Fsp3) is 0.333. The zero-order valence-electron chi connectivity index (χ0n) is 39.8. The largest absolute Gasteiger partial charge is 0.387 e. The summed E-state index contributed by atoms with van der Waals surface area (Å²) in [7, 11) is -3.55. The van der Waals surface area contributed by atoms with E-state index in [2.05, 4.69) is 45.0 Å². The monoisotopic (exact) mass is 977 g/mol. The second-order valence-corrected chi connectivity index (χ2v) is 23.7. The van der Waals surface area contributed by atoms with Crippen LogP contribution in [0.15, 0.2) is 176 Å². The number of fused-ring (bicyclic) bond motifs is 2. The number of imide groups is 1. The highest BCUT2D eigenvalue weighted by Crippen LogP contribution is 2.43. The van der Waals surface area contributed by atoms with Crippen molar-refractivity contribution in [3.63, 3.8) is 0 Å². The molecule has 1 unspecified atom stereocenters. The Morgan fingerprint density at radius 3 is 1.69 bits per heavy atom. The van der Waals surface area contributed by atoms with Crippen molar-refractivity contribution in [1.29, 1.82) is 0 Å². The molecule has 6 aromatic rings. The van der Waals surface area contributed by atoms with Crippen LogP contribution in [0.3, 0.4) is 0 Å². The predicted molar refractivity (Wildman–Crippen MR) is 265 cm³/mol. The normalized spacial score (nSPS) is 27.8. The molecule has 3 fully saturated rings. The van der Waals surface area contributed by atoms with Gasteiger partial charge < -0.3 is 47.8 Å². The van der Waals surface area contributed by atoms with E-state index in [9.17, 15) is 10.2 Å². The fourth-order valence-corrected chi connectivity index (χ4v) is 14.9. The van der Waals surface area contributed by atoms with Crippen LogP contribution < -0.4 is 10.4 Å². The summed E-state index contributed by atoms with van der Waals surface area (Å²) in [4.78, 5) is 31.2. The first-order valence-electron chi connectivity index (χ1n) is 24.2. The number of carbonyl (C=O) groups excluding carboxylic acids is 2. The number of nitrogens with zero attached hydrogens (tertiary/aromatic N) is 1. The van der Waals surface area contributed by atoms with Crippen LogP contribution in [-0.4, -0.2) is 110 Å². The lowest BCUT2D eigenvalue weighted by Gasteiger charge is -2.53. The first-order valence-corrected chi connectivity index (χ1v) is 26.1. The van der Waals surface area contributed by atoms with Gasteiger partial charge in [0.15, 0.2) is 18.9 Å². The van der Waals surface area contributed by atoms with Gasteiger partial charge in [-0.2, -0.15) is 0 Å². The van der Waals surface area contributed by atoms with Gasteiger partial charge in [-0.15, -0.1) is 0 Å². The highest BCUT2D eigenvalue weighted by atomic mass is 28.4. The fourth-order valence-electron chi connectivity index (χ4n) is 10.4. The summed E-state index contributed by atoms with van der Waals surface area (Å²) >= 11 is 0.